The molecule has 148 valence electrons. The quantitative estimate of drug-likeness (QED) is 0.703. The minimum absolute atomic E-state index is 0.0492. The highest BCUT2D eigenvalue weighted by Crippen LogP contribution is 2.21. The number of rotatable bonds is 4. The second-order valence-electron chi connectivity index (χ2n) is 7.37. The maximum absolute atomic E-state index is 13.0. The van der Waals surface area contributed by atoms with Gasteiger partial charge in [0.05, 0.1) is 17.9 Å². The average molecular weight is 392 g/mol. The van der Waals surface area contributed by atoms with Gasteiger partial charge in [0.2, 0.25) is 0 Å². The van der Waals surface area contributed by atoms with Crippen LogP contribution in [-0.4, -0.2) is 59.3 Å². The average Bonchev–Trinajstić information content (AvgIpc) is 3.27. The van der Waals surface area contributed by atoms with Gasteiger partial charge in [-0.3, -0.25) is 14.3 Å². The minimum atomic E-state index is -0.135. The molecule has 1 aliphatic heterocycles. The van der Waals surface area contributed by atoms with Crippen LogP contribution in [0.5, 0.6) is 0 Å². The molecule has 3 aromatic rings. The number of benzene rings is 1. The molecule has 1 fully saturated rings. The van der Waals surface area contributed by atoms with Crippen LogP contribution in [0.4, 0.5) is 0 Å². The van der Waals surface area contributed by atoms with E-state index in [1.54, 1.807) is 23.1 Å². The number of fused-ring (bicyclic) bond motifs is 1. The number of nitrogens with one attached hydrogen (secondary N) is 1. The van der Waals surface area contributed by atoms with Crippen molar-refractivity contribution in [3.8, 4) is 5.69 Å². The van der Waals surface area contributed by atoms with Crippen LogP contribution in [0.2, 0.25) is 0 Å². The molecule has 1 N–H and O–H groups in total. The molecule has 0 radical (unpaired) electrons. The highest BCUT2D eigenvalue weighted by Gasteiger charge is 2.27. The molecule has 2 amide bonds. The molecule has 10 heteroatoms. The Balaban J connectivity index is 1.32. The Bertz CT molecular complexity index is 1040. The Morgan fingerprint density at radius 2 is 1.93 bits per heavy atom. The lowest BCUT2D eigenvalue weighted by molar-refractivity contribution is 0.0745. The molecule has 1 aliphatic carbocycles. The smallest absolute Gasteiger partial charge is 0.272 e. The largest absolute Gasteiger partial charge is 0.348 e. The standard InChI is InChI=1S/C19H20N8O2/c28-18(21-14-4-5-14)17-10-16-11-25(8-1-9-26(16)22-17)19(29)13-2-6-15(7-3-13)27-12-20-23-24-27/h2-3,6-7,10,12,14H,1,4-5,8-9,11H2,(H,21,28). The Labute approximate surface area is 166 Å². The third-order valence-corrected chi connectivity index (χ3v) is 5.17. The SMILES string of the molecule is O=C(NC1CC1)c1cc2n(n1)CCCN(C(=O)c1ccc(-n3cnnn3)cc1)C2. The van der Waals surface area contributed by atoms with Crippen LogP contribution in [0.1, 0.15) is 45.8 Å². The molecule has 29 heavy (non-hydrogen) atoms. The highest BCUT2D eigenvalue weighted by molar-refractivity contribution is 5.94. The number of tetrazole rings is 1. The van der Waals surface area contributed by atoms with Crippen molar-refractivity contribution in [1.82, 2.24) is 40.2 Å². The number of amides is 2. The monoisotopic (exact) mass is 392 g/mol. The van der Waals surface area contributed by atoms with Gasteiger partial charge in [-0.05, 0) is 60.0 Å². The maximum Gasteiger partial charge on any atom is 0.272 e. The van der Waals surface area contributed by atoms with Crippen LogP contribution >= 0.6 is 0 Å². The number of carbonyl (C=O) groups excluding carboxylic acids is 2. The predicted octanol–water partition coefficient (Wildman–Crippen LogP) is 0.797. The first-order chi connectivity index (χ1) is 14.2. The fraction of sp³-hybridized carbons (Fsp3) is 0.368. The summed E-state index contributed by atoms with van der Waals surface area (Å²) in [7, 11) is 0. The van der Waals surface area contributed by atoms with Gasteiger partial charge in [-0.25, -0.2) is 4.68 Å². The summed E-state index contributed by atoms with van der Waals surface area (Å²) >= 11 is 0. The van der Waals surface area contributed by atoms with Gasteiger partial charge in [-0.2, -0.15) is 5.10 Å². The van der Waals surface area contributed by atoms with Gasteiger partial charge in [-0.15, -0.1) is 5.10 Å². The number of aryl methyl sites for hydroxylation is 1. The Morgan fingerprint density at radius 1 is 1.10 bits per heavy atom. The lowest BCUT2D eigenvalue weighted by atomic mass is 10.1. The van der Waals surface area contributed by atoms with E-state index in [4.69, 9.17) is 0 Å². The van der Waals surface area contributed by atoms with E-state index in [1.807, 2.05) is 16.8 Å². The van der Waals surface area contributed by atoms with Crippen molar-refractivity contribution in [1.29, 1.82) is 0 Å². The van der Waals surface area contributed by atoms with Crippen molar-refractivity contribution < 1.29 is 9.59 Å². The zero-order chi connectivity index (χ0) is 19.8. The molecule has 2 aliphatic rings. The lowest BCUT2D eigenvalue weighted by Crippen LogP contribution is -2.30. The maximum atomic E-state index is 13.0. The first-order valence-electron chi connectivity index (χ1n) is 9.68. The van der Waals surface area contributed by atoms with Crippen LogP contribution in [0, 0.1) is 0 Å². The molecule has 0 atom stereocenters. The summed E-state index contributed by atoms with van der Waals surface area (Å²) in [5.74, 6) is -0.184. The van der Waals surface area contributed by atoms with Crippen molar-refractivity contribution >= 4 is 11.8 Å². The normalized spacial score (nSPS) is 16.2. The summed E-state index contributed by atoms with van der Waals surface area (Å²) in [6, 6.07) is 9.26. The number of nitrogens with zero attached hydrogens (tertiary/aromatic N) is 7. The van der Waals surface area contributed by atoms with Gasteiger partial charge >= 0.3 is 0 Å². The van der Waals surface area contributed by atoms with E-state index in [2.05, 4.69) is 25.9 Å². The molecule has 0 saturated heterocycles. The van der Waals surface area contributed by atoms with Gasteiger partial charge in [0, 0.05) is 24.7 Å². The van der Waals surface area contributed by atoms with Crippen molar-refractivity contribution in [2.24, 2.45) is 0 Å². The van der Waals surface area contributed by atoms with Gasteiger partial charge in [0.25, 0.3) is 11.8 Å². The van der Waals surface area contributed by atoms with E-state index in [-0.39, 0.29) is 11.8 Å². The number of hydrogen-bond donors (Lipinski definition) is 1. The van der Waals surface area contributed by atoms with E-state index < -0.39 is 0 Å². The Morgan fingerprint density at radius 3 is 2.66 bits per heavy atom. The molecule has 0 spiro atoms. The Hall–Kier alpha value is -3.56. The van der Waals surface area contributed by atoms with Gasteiger partial charge in [0.1, 0.15) is 6.33 Å². The van der Waals surface area contributed by atoms with Crippen LogP contribution in [0.25, 0.3) is 5.69 Å². The molecular weight excluding hydrogens is 372 g/mol. The van der Waals surface area contributed by atoms with E-state index in [1.165, 1.54) is 11.0 Å². The summed E-state index contributed by atoms with van der Waals surface area (Å²) in [6.07, 6.45) is 4.36. The molecule has 10 nitrogen and oxygen atoms in total. The van der Waals surface area contributed by atoms with Crippen molar-refractivity contribution in [2.75, 3.05) is 6.54 Å². The first-order valence-corrected chi connectivity index (χ1v) is 9.68. The molecule has 0 unspecified atom stereocenters. The number of hydrogen-bond acceptors (Lipinski definition) is 6. The van der Waals surface area contributed by atoms with Gasteiger partial charge in [0.15, 0.2) is 5.69 Å². The van der Waals surface area contributed by atoms with Crippen molar-refractivity contribution in [3.63, 3.8) is 0 Å². The predicted molar refractivity (Wildman–Crippen MR) is 101 cm³/mol. The third kappa shape index (κ3) is 3.60. The summed E-state index contributed by atoms with van der Waals surface area (Å²) in [4.78, 5) is 27.1. The van der Waals surface area contributed by atoms with Crippen LogP contribution in [-0.2, 0) is 13.1 Å². The van der Waals surface area contributed by atoms with Crippen LogP contribution in [0.15, 0.2) is 36.7 Å². The molecule has 2 aromatic heterocycles. The number of carbonyl (C=O) groups is 2. The summed E-state index contributed by atoms with van der Waals surface area (Å²) < 4.78 is 3.38. The van der Waals surface area contributed by atoms with E-state index in [0.29, 0.717) is 36.9 Å². The van der Waals surface area contributed by atoms with E-state index in [0.717, 1.165) is 30.6 Å². The van der Waals surface area contributed by atoms with E-state index in [9.17, 15) is 9.59 Å². The number of aromatic nitrogens is 6. The molecule has 5 rings (SSSR count). The first kappa shape index (κ1) is 17.5. The topological polar surface area (TPSA) is 111 Å². The summed E-state index contributed by atoms with van der Waals surface area (Å²) in [5.41, 5.74) is 2.68. The lowest BCUT2D eigenvalue weighted by Gasteiger charge is -2.20. The zero-order valence-electron chi connectivity index (χ0n) is 15.7. The summed E-state index contributed by atoms with van der Waals surface area (Å²) in [5, 5.41) is 18.5. The van der Waals surface area contributed by atoms with Crippen molar-refractivity contribution in [2.45, 2.75) is 38.4 Å². The molecule has 1 aromatic carbocycles. The third-order valence-electron chi connectivity index (χ3n) is 5.17. The van der Waals surface area contributed by atoms with Gasteiger partial charge < -0.3 is 10.2 Å². The van der Waals surface area contributed by atoms with E-state index >= 15 is 0 Å². The second kappa shape index (κ2) is 7.12. The fourth-order valence-electron chi connectivity index (χ4n) is 3.45. The highest BCUT2D eigenvalue weighted by atomic mass is 16.2. The van der Waals surface area contributed by atoms with Crippen LogP contribution in [0.3, 0.4) is 0 Å². The second-order valence-corrected chi connectivity index (χ2v) is 7.37. The molecule has 0 bridgehead atoms. The molecular formula is C19H20N8O2. The minimum Gasteiger partial charge on any atom is -0.348 e. The van der Waals surface area contributed by atoms with Crippen molar-refractivity contribution in [3.05, 3.63) is 53.6 Å². The van der Waals surface area contributed by atoms with Gasteiger partial charge in [-0.1, -0.05) is 0 Å². The molecule has 3 heterocycles. The zero-order valence-corrected chi connectivity index (χ0v) is 15.7. The van der Waals surface area contributed by atoms with Crippen LogP contribution < -0.4 is 5.32 Å². The fourth-order valence-corrected chi connectivity index (χ4v) is 3.45. The molecule has 1 saturated carbocycles. The Kier molecular flexibility index (Phi) is 4.30. The summed E-state index contributed by atoms with van der Waals surface area (Å²) in [6.45, 7) is 1.76.